The van der Waals surface area contributed by atoms with Gasteiger partial charge in [-0.15, -0.1) is 0 Å². The van der Waals surface area contributed by atoms with Crippen LogP contribution in [0.2, 0.25) is 0 Å². The number of likely N-dealkylation sites (tertiary alicyclic amines) is 1. The highest BCUT2D eigenvalue weighted by Gasteiger charge is 2.38. The molecule has 3 atom stereocenters. The molecule has 0 aromatic heterocycles. The summed E-state index contributed by atoms with van der Waals surface area (Å²) in [7, 11) is 0. The molecule has 1 aliphatic heterocycles. The summed E-state index contributed by atoms with van der Waals surface area (Å²) in [6.45, 7) is 4.90. The topological polar surface area (TPSA) is 50.5 Å². The Morgan fingerprint density at radius 2 is 1.75 bits per heavy atom. The largest absolute Gasteiger partial charge is 0.488 e. The van der Waals surface area contributed by atoms with E-state index >= 15 is 0 Å². The molecule has 0 amide bonds. The van der Waals surface area contributed by atoms with E-state index in [1.165, 1.54) is 28.7 Å². The van der Waals surface area contributed by atoms with Gasteiger partial charge in [0.2, 0.25) is 0 Å². The summed E-state index contributed by atoms with van der Waals surface area (Å²) in [5, 5.41) is 3.75. The Morgan fingerprint density at radius 1 is 0.969 bits per heavy atom. The Kier molecular flexibility index (Phi) is 6.54. The monoisotopic (exact) mass is 427 g/mol. The molecule has 0 spiro atoms. The van der Waals surface area contributed by atoms with Crippen LogP contribution < -0.4 is 15.8 Å². The van der Waals surface area contributed by atoms with E-state index in [1.54, 1.807) is 0 Å². The Hall–Kier alpha value is -2.66. The third-order valence-corrected chi connectivity index (χ3v) is 6.69. The maximum absolute atomic E-state index is 6.26. The van der Waals surface area contributed by atoms with Gasteiger partial charge in [0.05, 0.1) is 0 Å². The fraction of sp³-hybridized carbons (Fsp3) is 0.357. The number of nitrogens with one attached hydrogen (secondary N) is 1. The van der Waals surface area contributed by atoms with Crippen molar-refractivity contribution in [3.8, 4) is 16.9 Å². The number of nitrogens with zero attached hydrogens (tertiary/aromatic N) is 1. The summed E-state index contributed by atoms with van der Waals surface area (Å²) in [5.41, 5.74) is 11.0. The molecule has 1 heterocycles. The summed E-state index contributed by atoms with van der Waals surface area (Å²) >= 11 is 0. The van der Waals surface area contributed by atoms with Gasteiger partial charge in [0, 0.05) is 43.2 Å². The lowest BCUT2D eigenvalue weighted by molar-refractivity contribution is 0.307. The van der Waals surface area contributed by atoms with Gasteiger partial charge in [-0.25, -0.2) is 0 Å². The number of hydrogen-bond acceptors (Lipinski definition) is 4. The van der Waals surface area contributed by atoms with E-state index in [2.05, 4.69) is 83.0 Å². The Morgan fingerprint density at radius 3 is 2.50 bits per heavy atom. The lowest BCUT2D eigenvalue weighted by atomic mass is 9.99. The smallest absolute Gasteiger partial charge is 0.127 e. The van der Waals surface area contributed by atoms with Crippen molar-refractivity contribution in [3.63, 3.8) is 0 Å². The first-order chi connectivity index (χ1) is 15.8. The molecule has 166 valence electrons. The molecule has 2 unspecified atom stereocenters. The summed E-state index contributed by atoms with van der Waals surface area (Å²) in [6.07, 6.45) is 2.34. The Balaban J connectivity index is 1.25. The predicted molar refractivity (Wildman–Crippen MR) is 131 cm³/mol. The minimum atomic E-state index is 0.364. The molecule has 1 saturated carbocycles. The third kappa shape index (κ3) is 5.21. The number of hydrogen-bond donors (Lipinski definition) is 2. The van der Waals surface area contributed by atoms with Crippen molar-refractivity contribution in [2.45, 2.75) is 37.5 Å². The van der Waals surface area contributed by atoms with Crippen LogP contribution in [0.3, 0.4) is 0 Å². The normalized spacial score (nSPS) is 22.7. The van der Waals surface area contributed by atoms with Crippen LogP contribution in [-0.4, -0.2) is 43.2 Å². The zero-order valence-electron chi connectivity index (χ0n) is 18.6. The van der Waals surface area contributed by atoms with Crippen LogP contribution in [-0.2, 0) is 6.61 Å². The fourth-order valence-corrected chi connectivity index (χ4v) is 4.75. The first-order valence-electron chi connectivity index (χ1n) is 11.8. The van der Waals surface area contributed by atoms with Gasteiger partial charge in [0.15, 0.2) is 0 Å². The van der Waals surface area contributed by atoms with Gasteiger partial charge >= 0.3 is 0 Å². The SMILES string of the molecule is N[C@@H]1CCN(CCNC2CC2c2ccc(OCc3ccccc3)c(-c3ccccc3)c2)C1. The summed E-state index contributed by atoms with van der Waals surface area (Å²) < 4.78 is 6.26. The van der Waals surface area contributed by atoms with Crippen molar-refractivity contribution in [1.29, 1.82) is 0 Å². The average molecular weight is 428 g/mol. The molecule has 2 aliphatic rings. The van der Waals surface area contributed by atoms with Gasteiger partial charge in [0.1, 0.15) is 12.4 Å². The molecule has 2 fully saturated rings. The van der Waals surface area contributed by atoms with Gasteiger partial charge in [-0.1, -0.05) is 66.7 Å². The molecule has 4 nitrogen and oxygen atoms in total. The van der Waals surface area contributed by atoms with Crippen LogP contribution in [0.5, 0.6) is 5.75 Å². The van der Waals surface area contributed by atoms with Gasteiger partial charge in [-0.3, -0.25) is 0 Å². The Labute approximate surface area is 191 Å². The van der Waals surface area contributed by atoms with E-state index in [0.717, 1.165) is 38.3 Å². The third-order valence-electron chi connectivity index (χ3n) is 6.69. The van der Waals surface area contributed by atoms with Gasteiger partial charge < -0.3 is 20.7 Å². The average Bonchev–Trinajstić information content (AvgIpc) is 3.50. The van der Waals surface area contributed by atoms with Crippen LogP contribution in [0.4, 0.5) is 0 Å². The van der Waals surface area contributed by atoms with Crippen LogP contribution in [0, 0.1) is 0 Å². The molecule has 1 saturated heterocycles. The fourth-order valence-electron chi connectivity index (χ4n) is 4.75. The van der Waals surface area contributed by atoms with E-state index in [1.807, 2.05) is 6.07 Å². The first-order valence-corrected chi connectivity index (χ1v) is 11.8. The maximum Gasteiger partial charge on any atom is 0.127 e. The van der Waals surface area contributed by atoms with Crippen LogP contribution in [0.25, 0.3) is 11.1 Å². The highest BCUT2D eigenvalue weighted by atomic mass is 16.5. The minimum Gasteiger partial charge on any atom is -0.488 e. The maximum atomic E-state index is 6.26. The highest BCUT2D eigenvalue weighted by Crippen LogP contribution is 2.43. The Bertz CT molecular complexity index is 1010. The number of benzene rings is 3. The quantitative estimate of drug-likeness (QED) is 0.531. The highest BCUT2D eigenvalue weighted by molar-refractivity contribution is 5.71. The van der Waals surface area contributed by atoms with Gasteiger partial charge in [0.25, 0.3) is 0 Å². The summed E-state index contributed by atoms with van der Waals surface area (Å²) in [6, 6.07) is 28.6. The molecule has 4 heteroatoms. The van der Waals surface area contributed by atoms with Crippen molar-refractivity contribution in [1.82, 2.24) is 10.2 Å². The van der Waals surface area contributed by atoms with E-state index < -0.39 is 0 Å². The second-order valence-corrected chi connectivity index (χ2v) is 9.15. The molecule has 0 bridgehead atoms. The summed E-state index contributed by atoms with van der Waals surface area (Å²) in [4.78, 5) is 2.47. The second kappa shape index (κ2) is 9.86. The lowest BCUT2D eigenvalue weighted by Gasteiger charge is -2.16. The minimum absolute atomic E-state index is 0.364. The molecule has 1 aliphatic carbocycles. The molecular formula is C28H33N3O. The van der Waals surface area contributed by atoms with Crippen molar-refractivity contribution >= 4 is 0 Å². The van der Waals surface area contributed by atoms with Crippen LogP contribution >= 0.6 is 0 Å². The molecule has 3 aromatic carbocycles. The van der Waals surface area contributed by atoms with Crippen LogP contribution in [0.1, 0.15) is 29.9 Å². The van der Waals surface area contributed by atoms with Crippen molar-refractivity contribution < 1.29 is 4.74 Å². The van der Waals surface area contributed by atoms with Crippen molar-refractivity contribution in [3.05, 3.63) is 90.0 Å². The number of ether oxygens (including phenoxy) is 1. The predicted octanol–water partition coefficient (Wildman–Crippen LogP) is 4.41. The zero-order chi connectivity index (χ0) is 21.8. The molecule has 3 N–H and O–H groups in total. The van der Waals surface area contributed by atoms with Crippen LogP contribution in [0.15, 0.2) is 78.9 Å². The number of rotatable bonds is 9. The van der Waals surface area contributed by atoms with Gasteiger partial charge in [-0.2, -0.15) is 0 Å². The molecule has 32 heavy (non-hydrogen) atoms. The van der Waals surface area contributed by atoms with E-state index in [4.69, 9.17) is 10.5 Å². The van der Waals surface area contributed by atoms with E-state index in [-0.39, 0.29) is 0 Å². The van der Waals surface area contributed by atoms with E-state index in [0.29, 0.717) is 24.6 Å². The number of nitrogens with two attached hydrogens (primary N) is 1. The molecular weight excluding hydrogens is 394 g/mol. The molecule has 5 rings (SSSR count). The first kappa shape index (κ1) is 21.2. The zero-order valence-corrected chi connectivity index (χ0v) is 18.6. The molecule has 3 aromatic rings. The standard InChI is InChI=1S/C28H33N3O/c29-24-13-15-31(19-24)16-14-30-27-18-25(27)23-11-12-28(32-20-21-7-3-1-4-8-21)26(17-23)22-9-5-2-6-10-22/h1-12,17,24-25,27,30H,13-16,18-20,29H2/t24-,25?,27?/m1/s1. The second-order valence-electron chi connectivity index (χ2n) is 9.15. The van der Waals surface area contributed by atoms with E-state index in [9.17, 15) is 0 Å². The van der Waals surface area contributed by atoms with Crippen molar-refractivity contribution in [2.24, 2.45) is 5.73 Å². The molecule has 0 radical (unpaired) electrons. The van der Waals surface area contributed by atoms with Gasteiger partial charge in [-0.05, 0) is 48.2 Å². The van der Waals surface area contributed by atoms with Crippen molar-refractivity contribution in [2.75, 3.05) is 26.2 Å². The summed E-state index contributed by atoms with van der Waals surface area (Å²) in [5.74, 6) is 1.53. The lowest BCUT2D eigenvalue weighted by Crippen LogP contribution is -2.33.